The van der Waals surface area contributed by atoms with Gasteiger partial charge < -0.3 is 9.47 Å². The lowest BCUT2D eigenvalue weighted by atomic mass is 10.1. The van der Waals surface area contributed by atoms with Crippen LogP contribution in [0.25, 0.3) is 10.9 Å². The van der Waals surface area contributed by atoms with E-state index in [1.54, 1.807) is 30.3 Å². The van der Waals surface area contributed by atoms with Crippen molar-refractivity contribution >= 4 is 28.5 Å². The molecule has 1 aromatic heterocycles. The zero-order valence-corrected chi connectivity index (χ0v) is 14.2. The van der Waals surface area contributed by atoms with Crippen molar-refractivity contribution in [2.45, 2.75) is 13.3 Å². The molecule has 6 heteroatoms. The van der Waals surface area contributed by atoms with Crippen LogP contribution in [0.5, 0.6) is 11.5 Å². The number of aromatic nitrogens is 1. The predicted molar refractivity (Wildman–Crippen MR) is 93.8 cm³/mol. The van der Waals surface area contributed by atoms with Crippen molar-refractivity contribution in [2.75, 3.05) is 6.61 Å². The fourth-order valence-corrected chi connectivity index (χ4v) is 2.57. The topological polar surface area (TPSA) is 48.4 Å². The van der Waals surface area contributed by atoms with Gasteiger partial charge in [-0.05, 0) is 30.7 Å². The van der Waals surface area contributed by atoms with Gasteiger partial charge in [0.2, 0.25) is 0 Å². The van der Waals surface area contributed by atoms with E-state index in [1.807, 2.05) is 6.92 Å². The van der Waals surface area contributed by atoms with E-state index in [9.17, 15) is 9.18 Å². The molecule has 0 bridgehead atoms. The molecule has 3 rings (SSSR count). The van der Waals surface area contributed by atoms with E-state index in [2.05, 4.69) is 4.98 Å². The third-order valence-electron chi connectivity index (χ3n) is 3.46. The zero-order valence-electron chi connectivity index (χ0n) is 13.5. The Hall–Kier alpha value is -2.66. The van der Waals surface area contributed by atoms with Crippen LogP contribution in [0.15, 0.2) is 48.7 Å². The summed E-state index contributed by atoms with van der Waals surface area (Å²) in [5, 5.41) is 0.891. The number of nitrogens with zero attached hydrogens (tertiary/aromatic N) is 1. The average Bonchev–Trinajstić information content (AvgIpc) is 2.60. The third kappa shape index (κ3) is 3.88. The van der Waals surface area contributed by atoms with Gasteiger partial charge >= 0.3 is 5.97 Å². The zero-order chi connectivity index (χ0) is 17.8. The first kappa shape index (κ1) is 17.2. The molecule has 3 aromatic rings. The molecule has 0 saturated carbocycles. The standard InChI is InChI=1S/C19H15ClFNO3/c1-2-8-24-19(23)16-11-22-17-10-14(6-7-15(17)18(16)20)25-13-5-3-4-12(21)9-13/h3-7,9-11H,2,8H2,1H3. The van der Waals surface area contributed by atoms with Crippen LogP contribution in [0, 0.1) is 5.82 Å². The van der Waals surface area contributed by atoms with Gasteiger partial charge in [0.1, 0.15) is 17.3 Å². The maximum atomic E-state index is 13.2. The molecule has 0 spiro atoms. The normalized spacial score (nSPS) is 10.7. The summed E-state index contributed by atoms with van der Waals surface area (Å²) in [4.78, 5) is 16.3. The molecular formula is C19H15ClFNO3. The van der Waals surface area contributed by atoms with Gasteiger partial charge in [0.25, 0.3) is 0 Å². The van der Waals surface area contributed by atoms with Crippen molar-refractivity contribution < 1.29 is 18.7 Å². The summed E-state index contributed by atoms with van der Waals surface area (Å²) < 4.78 is 24.0. The number of halogens is 2. The van der Waals surface area contributed by atoms with Crippen molar-refractivity contribution in [3.8, 4) is 11.5 Å². The number of hydrogen-bond acceptors (Lipinski definition) is 4. The number of pyridine rings is 1. The Bertz CT molecular complexity index is 930. The van der Waals surface area contributed by atoms with Crippen LogP contribution >= 0.6 is 11.6 Å². The minimum Gasteiger partial charge on any atom is -0.462 e. The van der Waals surface area contributed by atoms with Gasteiger partial charge in [-0.3, -0.25) is 4.98 Å². The van der Waals surface area contributed by atoms with Gasteiger partial charge in [0.15, 0.2) is 0 Å². The molecule has 128 valence electrons. The van der Waals surface area contributed by atoms with Crippen LogP contribution in [-0.4, -0.2) is 17.6 Å². The summed E-state index contributed by atoms with van der Waals surface area (Å²) >= 11 is 6.32. The number of benzene rings is 2. The second kappa shape index (κ2) is 7.49. The molecule has 2 aromatic carbocycles. The number of fused-ring (bicyclic) bond motifs is 1. The van der Waals surface area contributed by atoms with E-state index in [0.717, 1.165) is 6.42 Å². The van der Waals surface area contributed by atoms with Gasteiger partial charge in [-0.25, -0.2) is 9.18 Å². The van der Waals surface area contributed by atoms with E-state index >= 15 is 0 Å². The Kier molecular flexibility index (Phi) is 5.14. The quantitative estimate of drug-likeness (QED) is 0.573. The van der Waals surface area contributed by atoms with Crippen LogP contribution in [0.4, 0.5) is 4.39 Å². The summed E-state index contributed by atoms with van der Waals surface area (Å²) in [5.41, 5.74) is 0.785. The van der Waals surface area contributed by atoms with Crippen LogP contribution in [-0.2, 0) is 4.74 Å². The summed E-state index contributed by atoms with van der Waals surface area (Å²) in [6.07, 6.45) is 2.11. The highest BCUT2D eigenvalue weighted by molar-refractivity contribution is 6.38. The Morgan fingerprint density at radius 2 is 2.00 bits per heavy atom. The largest absolute Gasteiger partial charge is 0.462 e. The van der Waals surface area contributed by atoms with Gasteiger partial charge in [0.05, 0.1) is 22.7 Å². The monoisotopic (exact) mass is 359 g/mol. The maximum Gasteiger partial charge on any atom is 0.341 e. The highest BCUT2D eigenvalue weighted by atomic mass is 35.5. The van der Waals surface area contributed by atoms with Gasteiger partial charge in [0, 0.05) is 23.7 Å². The molecule has 0 fully saturated rings. The molecule has 0 amide bonds. The summed E-state index contributed by atoms with van der Waals surface area (Å²) in [6.45, 7) is 2.24. The molecule has 0 aliphatic carbocycles. The van der Waals surface area contributed by atoms with Crippen LogP contribution < -0.4 is 4.74 Å². The Morgan fingerprint density at radius 3 is 2.76 bits per heavy atom. The van der Waals surface area contributed by atoms with Crippen molar-refractivity contribution in [3.05, 3.63) is 65.1 Å². The molecule has 0 saturated heterocycles. The highest BCUT2D eigenvalue weighted by Crippen LogP contribution is 2.30. The molecule has 4 nitrogen and oxygen atoms in total. The molecule has 0 aliphatic rings. The second-order valence-corrected chi connectivity index (χ2v) is 5.74. The van der Waals surface area contributed by atoms with Gasteiger partial charge in [-0.1, -0.05) is 24.6 Å². The molecule has 0 radical (unpaired) electrons. The number of rotatable bonds is 5. The van der Waals surface area contributed by atoms with E-state index < -0.39 is 5.97 Å². The molecule has 0 N–H and O–H groups in total. The lowest BCUT2D eigenvalue weighted by molar-refractivity contribution is 0.0505. The highest BCUT2D eigenvalue weighted by Gasteiger charge is 2.15. The van der Waals surface area contributed by atoms with Crippen LogP contribution in [0.3, 0.4) is 0 Å². The molecule has 1 heterocycles. The lowest BCUT2D eigenvalue weighted by Gasteiger charge is -2.09. The molecule has 0 atom stereocenters. The van der Waals surface area contributed by atoms with Crippen LogP contribution in [0.2, 0.25) is 5.02 Å². The number of hydrogen-bond donors (Lipinski definition) is 0. The molecule has 0 aliphatic heterocycles. The third-order valence-corrected chi connectivity index (χ3v) is 3.87. The number of carbonyl (C=O) groups is 1. The van der Waals surface area contributed by atoms with E-state index in [1.165, 1.54) is 18.3 Å². The predicted octanol–water partition coefficient (Wildman–Crippen LogP) is 5.39. The fraction of sp³-hybridized carbons (Fsp3) is 0.158. The first-order valence-corrected chi connectivity index (χ1v) is 8.15. The van der Waals surface area contributed by atoms with Crippen LogP contribution in [0.1, 0.15) is 23.7 Å². The Morgan fingerprint density at radius 1 is 1.20 bits per heavy atom. The molecular weight excluding hydrogens is 345 g/mol. The van der Waals surface area contributed by atoms with E-state index in [-0.39, 0.29) is 16.4 Å². The molecule has 25 heavy (non-hydrogen) atoms. The van der Waals surface area contributed by atoms with Crippen molar-refractivity contribution in [1.29, 1.82) is 0 Å². The van der Waals surface area contributed by atoms with E-state index in [4.69, 9.17) is 21.1 Å². The van der Waals surface area contributed by atoms with E-state index in [0.29, 0.717) is 29.0 Å². The number of carbonyl (C=O) groups excluding carboxylic acids is 1. The maximum absolute atomic E-state index is 13.2. The lowest BCUT2D eigenvalue weighted by Crippen LogP contribution is -2.07. The summed E-state index contributed by atoms with van der Waals surface area (Å²) in [7, 11) is 0. The average molecular weight is 360 g/mol. The van der Waals surface area contributed by atoms with Gasteiger partial charge in [-0.15, -0.1) is 0 Å². The first-order chi connectivity index (χ1) is 12.1. The van der Waals surface area contributed by atoms with Crippen molar-refractivity contribution in [2.24, 2.45) is 0 Å². The summed E-state index contributed by atoms with van der Waals surface area (Å²) in [5.74, 6) is -0.00999. The molecule has 0 unspecified atom stereocenters. The smallest absolute Gasteiger partial charge is 0.341 e. The summed E-state index contributed by atoms with van der Waals surface area (Å²) in [6, 6.07) is 10.9. The Balaban J connectivity index is 1.90. The number of esters is 1. The van der Waals surface area contributed by atoms with Gasteiger partial charge in [-0.2, -0.15) is 0 Å². The second-order valence-electron chi connectivity index (χ2n) is 5.36. The Labute approximate surface area is 149 Å². The first-order valence-electron chi connectivity index (χ1n) is 7.77. The minimum absolute atomic E-state index is 0.224. The number of ether oxygens (including phenoxy) is 2. The minimum atomic E-state index is -0.499. The van der Waals surface area contributed by atoms with Crippen molar-refractivity contribution in [3.63, 3.8) is 0 Å². The SMILES string of the molecule is CCCOC(=O)c1cnc2cc(Oc3cccc(F)c3)ccc2c1Cl. The van der Waals surface area contributed by atoms with Crippen molar-refractivity contribution in [1.82, 2.24) is 4.98 Å². The fourth-order valence-electron chi connectivity index (χ4n) is 2.28.